The van der Waals surface area contributed by atoms with Crippen LogP contribution in [0.15, 0.2) is 36.5 Å². The molecule has 1 N–H and O–H groups in total. The van der Waals surface area contributed by atoms with E-state index in [4.69, 9.17) is 4.74 Å². The van der Waals surface area contributed by atoms with Gasteiger partial charge in [0.15, 0.2) is 11.5 Å². The average molecular weight is 386 g/mol. The van der Waals surface area contributed by atoms with Crippen molar-refractivity contribution < 1.29 is 27.8 Å². The van der Waals surface area contributed by atoms with Crippen LogP contribution in [0.3, 0.4) is 0 Å². The van der Waals surface area contributed by atoms with Crippen LogP contribution in [0.25, 0.3) is 10.9 Å². The van der Waals surface area contributed by atoms with Crippen molar-refractivity contribution in [2.45, 2.75) is 37.9 Å². The van der Waals surface area contributed by atoms with Crippen LogP contribution in [-0.2, 0) is 16.6 Å². The molecule has 0 spiro atoms. The highest BCUT2D eigenvalue weighted by Crippen LogP contribution is 2.52. The van der Waals surface area contributed by atoms with Gasteiger partial charge in [0.2, 0.25) is 5.88 Å². The summed E-state index contributed by atoms with van der Waals surface area (Å²) in [6, 6.07) is 8.09. The molecule has 2 aliphatic rings. The summed E-state index contributed by atoms with van der Waals surface area (Å²) in [6.07, 6.45) is -0.0800. The number of carbonyl (C=O) groups is 1. The Morgan fingerprint density at radius 2 is 2.00 bits per heavy atom. The van der Waals surface area contributed by atoms with Crippen molar-refractivity contribution in [1.82, 2.24) is 9.97 Å². The van der Waals surface area contributed by atoms with Crippen LogP contribution in [0, 0.1) is 0 Å². The lowest BCUT2D eigenvalue weighted by Crippen LogP contribution is -2.26. The Balaban J connectivity index is 1.40. The van der Waals surface area contributed by atoms with Crippen LogP contribution < -0.4 is 14.2 Å². The van der Waals surface area contributed by atoms with Crippen molar-refractivity contribution in [3.63, 3.8) is 0 Å². The van der Waals surface area contributed by atoms with Gasteiger partial charge in [-0.3, -0.25) is 4.79 Å². The molecule has 0 saturated heterocycles. The summed E-state index contributed by atoms with van der Waals surface area (Å²) in [5, 5.41) is 0.907. The van der Waals surface area contributed by atoms with Crippen molar-refractivity contribution in [2.24, 2.45) is 0 Å². The number of aryl methyl sites for hydroxylation is 1. The molecule has 1 fully saturated rings. The molecule has 0 bridgehead atoms. The maximum atomic E-state index is 13.2. The van der Waals surface area contributed by atoms with Gasteiger partial charge in [0.25, 0.3) is 0 Å². The summed E-state index contributed by atoms with van der Waals surface area (Å²) < 4.78 is 40.9. The zero-order chi connectivity index (χ0) is 19.5. The van der Waals surface area contributed by atoms with Gasteiger partial charge in [0.1, 0.15) is 0 Å². The Morgan fingerprint density at radius 1 is 1.21 bits per heavy atom. The first-order valence-corrected chi connectivity index (χ1v) is 8.99. The molecule has 1 saturated carbocycles. The van der Waals surface area contributed by atoms with Crippen LogP contribution in [0.2, 0.25) is 0 Å². The van der Waals surface area contributed by atoms with Crippen molar-refractivity contribution in [3.05, 3.63) is 47.8 Å². The number of rotatable bonds is 4. The van der Waals surface area contributed by atoms with Crippen molar-refractivity contribution in [3.8, 4) is 17.4 Å². The molecule has 0 atom stereocenters. The van der Waals surface area contributed by atoms with Crippen LogP contribution >= 0.6 is 0 Å². The SMILES string of the molecule is CCc1cc2cc(OC(=O)C3(c4ccc5c(c4)OC(F)(F)O5)CC3)ncc2[nH]1. The molecular formula is C20H16F2N2O4. The fourth-order valence-electron chi connectivity index (χ4n) is 3.49. The topological polar surface area (TPSA) is 73.4 Å². The van der Waals surface area contributed by atoms with Gasteiger partial charge in [-0.1, -0.05) is 13.0 Å². The number of ether oxygens (including phenoxy) is 3. The molecule has 28 heavy (non-hydrogen) atoms. The third-order valence-corrected chi connectivity index (χ3v) is 5.21. The van der Waals surface area contributed by atoms with E-state index in [9.17, 15) is 13.6 Å². The van der Waals surface area contributed by atoms with E-state index in [0.29, 0.717) is 18.4 Å². The van der Waals surface area contributed by atoms with Crippen LogP contribution in [-0.4, -0.2) is 22.2 Å². The Labute approximate surface area is 158 Å². The summed E-state index contributed by atoms with van der Waals surface area (Å²) in [6.45, 7) is 2.04. The monoisotopic (exact) mass is 386 g/mol. The Kier molecular flexibility index (Phi) is 3.44. The van der Waals surface area contributed by atoms with Gasteiger partial charge in [-0.2, -0.15) is 0 Å². The van der Waals surface area contributed by atoms with Crippen molar-refractivity contribution >= 4 is 16.9 Å². The molecule has 2 aromatic heterocycles. The number of aromatic amines is 1. The number of halogens is 2. The van der Waals surface area contributed by atoms with Gasteiger partial charge in [-0.25, -0.2) is 4.98 Å². The number of alkyl halides is 2. The summed E-state index contributed by atoms with van der Waals surface area (Å²) in [5.41, 5.74) is 1.62. The minimum absolute atomic E-state index is 0.0516. The average Bonchev–Trinajstić information content (AvgIpc) is 3.26. The van der Waals surface area contributed by atoms with Crippen LogP contribution in [0.4, 0.5) is 8.78 Å². The van der Waals surface area contributed by atoms with E-state index in [0.717, 1.165) is 23.0 Å². The first-order chi connectivity index (χ1) is 13.4. The smallest absolute Gasteiger partial charge is 0.407 e. The number of fused-ring (bicyclic) bond motifs is 2. The number of hydrogen-bond acceptors (Lipinski definition) is 5. The Morgan fingerprint density at radius 3 is 2.75 bits per heavy atom. The first-order valence-electron chi connectivity index (χ1n) is 8.99. The third kappa shape index (κ3) is 2.67. The molecule has 1 aliphatic carbocycles. The lowest BCUT2D eigenvalue weighted by molar-refractivity contribution is -0.286. The molecule has 3 heterocycles. The molecule has 0 radical (unpaired) electrons. The van der Waals surface area contributed by atoms with E-state index in [1.54, 1.807) is 18.3 Å². The van der Waals surface area contributed by atoms with E-state index < -0.39 is 17.7 Å². The van der Waals surface area contributed by atoms with E-state index in [1.165, 1.54) is 12.1 Å². The molecule has 1 aliphatic heterocycles. The second kappa shape index (κ2) is 5.67. The number of aromatic nitrogens is 2. The zero-order valence-corrected chi connectivity index (χ0v) is 14.9. The third-order valence-electron chi connectivity index (χ3n) is 5.21. The predicted octanol–water partition coefficient (Wildman–Crippen LogP) is 4.08. The zero-order valence-electron chi connectivity index (χ0n) is 14.9. The quantitative estimate of drug-likeness (QED) is 0.684. The number of pyridine rings is 1. The molecule has 6 nitrogen and oxygen atoms in total. The van der Waals surface area contributed by atoms with Crippen LogP contribution in [0.1, 0.15) is 31.0 Å². The molecule has 5 rings (SSSR count). The second-order valence-corrected chi connectivity index (χ2v) is 7.06. The van der Waals surface area contributed by atoms with Gasteiger partial charge < -0.3 is 19.2 Å². The van der Waals surface area contributed by atoms with Gasteiger partial charge in [0.05, 0.1) is 17.1 Å². The number of carbonyl (C=O) groups excluding carboxylic acids is 1. The van der Waals surface area contributed by atoms with Gasteiger partial charge in [-0.15, -0.1) is 8.78 Å². The number of esters is 1. The second-order valence-electron chi connectivity index (χ2n) is 7.06. The van der Waals surface area contributed by atoms with Gasteiger partial charge in [0, 0.05) is 17.1 Å². The molecule has 144 valence electrons. The summed E-state index contributed by atoms with van der Waals surface area (Å²) in [4.78, 5) is 20.3. The van der Waals surface area contributed by atoms with Crippen molar-refractivity contribution in [2.75, 3.05) is 0 Å². The Hall–Kier alpha value is -3.16. The largest absolute Gasteiger partial charge is 0.586 e. The van der Waals surface area contributed by atoms with Crippen LogP contribution in [0.5, 0.6) is 17.4 Å². The molecule has 3 aromatic rings. The lowest BCUT2D eigenvalue weighted by Gasteiger charge is -2.14. The van der Waals surface area contributed by atoms with Gasteiger partial charge in [-0.05, 0) is 43.0 Å². The number of benzene rings is 1. The fraction of sp³-hybridized carbons (Fsp3) is 0.300. The normalized spacial score (nSPS) is 18.2. The summed E-state index contributed by atoms with van der Waals surface area (Å²) in [7, 11) is 0. The van der Waals surface area contributed by atoms with Gasteiger partial charge >= 0.3 is 12.3 Å². The maximum absolute atomic E-state index is 13.2. The minimum atomic E-state index is -3.69. The molecular weight excluding hydrogens is 370 g/mol. The highest BCUT2D eigenvalue weighted by Gasteiger charge is 2.54. The predicted molar refractivity (Wildman–Crippen MR) is 94.7 cm³/mol. The first kappa shape index (κ1) is 17.0. The summed E-state index contributed by atoms with van der Waals surface area (Å²) >= 11 is 0. The highest BCUT2D eigenvalue weighted by molar-refractivity contribution is 5.89. The fourth-order valence-corrected chi connectivity index (χ4v) is 3.49. The highest BCUT2D eigenvalue weighted by atomic mass is 19.3. The number of nitrogens with one attached hydrogen (secondary N) is 1. The van der Waals surface area contributed by atoms with E-state index >= 15 is 0 Å². The number of H-pyrrole nitrogens is 1. The molecule has 8 heteroatoms. The van der Waals surface area contributed by atoms with E-state index in [2.05, 4.69) is 19.4 Å². The number of hydrogen-bond donors (Lipinski definition) is 1. The van der Waals surface area contributed by atoms with E-state index in [-0.39, 0.29) is 17.4 Å². The number of nitrogens with zero attached hydrogens (tertiary/aromatic N) is 1. The molecule has 0 amide bonds. The van der Waals surface area contributed by atoms with E-state index in [1.807, 2.05) is 13.0 Å². The molecule has 0 unspecified atom stereocenters. The lowest BCUT2D eigenvalue weighted by atomic mass is 9.96. The maximum Gasteiger partial charge on any atom is 0.586 e. The van der Waals surface area contributed by atoms with Crippen molar-refractivity contribution in [1.29, 1.82) is 0 Å². The standard InChI is InChI=1S/C20H16F2N2O4/c1-2-13-7-11-8-17(23-10-14(11)24-13)26-18(25)19(5-6-19)12-3-4-15-16(9-12)28-20(21,22)27-15/h3-4,7-10,24H,2,5-6H2,1H3. The Bertz CT molecular complexity index is 1100. The summed E-state index contributed by atoms with van der Waals surface area (Å²) in [5.74, 6) is -0.390. The minimum Gasteiger partial charge on any atom is -0.407 e. The molecule has 1 aromatic carbocycles.